The second-order valence-corrected chi connectivity index (χ2v) is 12.0. The quantitative estimate of drug-likeness (QED) is 0.493. The summed E-state index contributed by atoms with van der Waals surface area (Å²) in [5.74, 6) is 0.681. The zero-order valence-corrected chi connectivity index (χ0v) is 23.0. The number of amides is 2. The van der Waals surface area contributed by atoms with Gasteiger partial charge in [-0.25, -0.2) is 0 Å². The molecule has 1 saturated heterocycles. The smallest absolute Gasteiger partial charge is 0.251 e. The number of fused-ring (bicyclic) bond motifs is 2. The first-order chi connectivity index (χ1) is 18.4. The molecule has 198 valence electrons. The minimum absolute atomic E-state index is 0.0516. The number of carbonyl (C=O) groups is 2. The first kappa shape index (κ1) is 25.4. The van der Waals surface area contributed by atoms with Crippen LogP contribution in [0.15, 0.2) is 71.3 Å². The molecule has 4 atom stereocenters. The lowest BCUT2D eigenvalue weighted by molar-refractivity contribution is -0.120. The van der Waals surface area contributed by atoms with E-state index >= 15 is 0 Å². The van der Waals surface area contributed by atoms with Crippen LogP contribution in [0, 0.1) is 11.8 Å². The molecule has 1 N–H and O–H groups in total. The summed E-state index contributed by atoms with van der Waals surface area (Å²) in [7, 11) is 2.16. The van der Waals surface area contributed by atoms with Gasteiger partial charge in [0, 0.05) is 34.8 Å². The van der Waals surface area contributed by atoms with Crippen molar-refractivity contribution in [2.45, 2.75) is 57.0 Å². The van der Waals surface area contributed by atoms with Crippen LogP contribution in [-0.4, -0.2) is 42.9 Å². The standard InChI is InChI=1S/C32H36ClN3O2/c1-21-17-24(33)12-13-26(21)28-19-32(28)27-10-3-4-11-29(27)36(31(32)38)20-22-7-5-8-23(18-22)30(37)34-15-14-25-9-6-16-35(25)2/h3-5,7-8,10-13,18,21,25,28H,6,9,14-17,19-20H2,1-2H3,(H,34,37)/t21-,25?,28+,32+/m1/s1. The van der Waals surface area contributed by atoms with Crippen LogP contribution in [0.2, 0.25) is 0 Å². The van der Waals surface area contributed by atoms with E-state index in [2.05, 4.69) is 42.4 Å². The summed E-state index contributed by atoms with van der Waals surface area (Å²) < 4.78 is 0. The van der Waals surface area contributed by atoms with E-state index < -0.39 is 5.41 Å². The molecule has 2 aromatic carbocycles. The maximum atomic E-state index is 14.1. The van der Waals surface area contributed by atoms with Crippen molar-refractivity contribution in [3.63, 3.8) is 0 Å². The molecule has 6 rings (SSSR count). The number of nitrogens with zero attached hydrogens (tertiary/aromatic N) is 2. The third kappa shape index (κ3) is 4.40. The van der Waals surface area contributed by atoms with Crippen molar-refractivity contribution in [2.75, 3.05) is 25.0 Å². The summed E-state index contributed by atoms with van der Waals surface area (Å²) in [6.45, 7) is 4.48. The molecule has 5 nitrogen and oxygen atoms in total. The van der Waals surface area contributed by atoms with Crippen molar-refractivity contribution in [1.29, 1.82) is 0 Å². The summed E-state index contributed by atoms with van der Waals surface area (Å²) >= 11 is 6.29. The van der Waals surface area contributed by atoms with Gasteiger partial charge in [-0.05, 0) is 87.0 Å². The fourth-order valence-corrected chi connectivity index (χ4v) is 7.28. The highest BCUT2D eigenvalue weighted by molar-refractivity contribution is 6.29. The number of halogens is 1. The van der Waals surface area contributed by atoms with Gasteiger partial charge in [-0.15, -0.1) is 0 Å². The van der Waals surface area contributed by atoms with E-state index in [-0.39, 0.29) is 17.7 Å². The Hall–Kier alpha value is -2.89. The summed E-state index contributed by atoms with van der Waals surface area (Å²) in [5.41, 5.74) is 4.60. The molecule has 1 saturated carbocycles. The molecule has 4 aliphatic rings. The second kappa shape index (κ2) is 10.0. The van der Waals surface area contributed by atoms with Crippen molar-refractivity contribution in [3.05, 3.63) is 88.0 Å². The Balaban J connectivity index is 1.18. The Morgan fingerprint density at radius 2 is 2.00 bits per heavy atom. The minimum Gasteiger partial charge on any atom is -0.352 e. The highest BCUT2D eigenvalue weighted by Gasteiger charge is 2.67. The SMILES string of the molecule is C[C@@H]1CC(Cl)=CC=C1[C@@H]1C[C@@]12C(=O)N(Cc1cccc(C(=O)NCCC3CCCN3C)c1)c1ccccc12. The van der Waals surface area contributed by atoms with Gasteiger partial charge in [0.05, 0.1) is 12.0 Å². The summed E-state index contributed by atoms with van der Waals surface area (Å²) in [5, 5.41) is 3.98. The molecule has 0 bridgehead atoms. The molecule has 0 aromatic heterocycles. The van der Waals surface area contributed by atoms with Crippen LogP contribution >= 0.6 is 11.6 Å². The first-order valence-electron chi connectivity index (χ1n) is 13.9. The van der Waals surface area contributed by atoms with E-state index in [0.29, 0.717) is 30.6 Å². The third-order valence-corrected chi connectivity index (χ3v) is 9.44. The van der Waals surface area contributed by atoms with E-state index in [1.54, 1.807) is 0 Å². The van der Waals surface area contributed by atoms with Crippen molar-refractivity contribution in [3.8, 4) is 0 Å². The molecule has 2 heterocycles. The number of nitrogens with one attached hydrogen (secondary N) is 1. The highest BCUT2D eigenvalue weighted by Crippen LogP contribution is 2.65. The van der Waals surface area contributed by atoms with Crippen LogP contribution in [0.3, 0.4) is 0 Å². The number of carbonyl (C=O) groups excluding carboxylic acids is 2. The van der Waals surface area contributed by atoms with Gasteiger partial charge in [0.15, 0.2) is 0 Å². The summed E-state index contributed by atoms with van der Waals surface area (Å²) in [4.78, 5) is 31.3. The average Bonchev–Trinajstić information content (AvgIpc) is 3.46. The van der Waals surface area contributed by atoms with Gasteiger partial charge in [-0.1, -0.05) is 60.5 Å². The number of likely N-dealkylation sites (tertiary alicyclic amines) is 1. The number of allylic oxidation sites excluding steroid dienone is 4. The van der Waals surface area contributed by atoms with E-state index in [4.69, 9.17) is 11.6 Å². The number of hydrogen-bond acceptors (Lipinski definition) is 3. The van der Waals surface area contributed by atoms with Crippen LogP contribution in [0.5, 0.6) is 0 Å². The topological polar surface area (TPSA) is 52.7 Å². The molecule has 2 aromatic rings. The van der Waals surface area contributed by atoms with Gasteiger partial charge in [-0.2, -0.15) is 0 Å². The van der Waals surface area contributed by atoms with Crippen LogP contribution in [0.25, 0.3) is 0 Å². The highest BCUT2D eigenvalue weighted by atomic mass is 35.5. The molecule has 1 unspecified atom stereocenters. The number of rotatable bonds is 7. The van der Waals surface area contributed by atoms with Crippen LogP contribution in [0.1, 0.15) is 60.5 Å². The predicted molar refractivity (Wildman–Crippen MR) is 152 cm³/mol. The third-order valence-electron chi connectivity index (χ3n) is 9.16. The Labute approximate surface area is 230 Å². The Bertz CT molecular complexity index is 1330. The van der Waals surface area contributed by atoms with Crippen molar-refractivity contribution >= 4 is 29.1 Å². The van der Waals surface area contributed by atoms with E-state index in [1.165, 1.54) is 18.4 Å². The average molecular weight is 530 g/mol. The predicted octanol–water partition coefficient (Wildman–Crippen LogP) is 5.79. The van der Waals surface area contributed by atoms with Gasteiger partial charge in [0.1, 0.15) is 0 Å². The maximum Gasteiger partial charge on any atom is 0.251 e. The minimum atomic E-state index is -0.475. The first-order valence-corrected chi connectivity index (χ1v) is 14.3. The lowest BCUT2D eigenvalue weighted by Gasteiger charge is -2.22. The number of hydrogen-bond donors (Lipinski definition) is 1. The maximum absolute atomic E-state index is 14.1. The summed E-state index contributed by atoms with van der Waals surface area (Å²) in [6.07, 6.45) is 9.23. The zero-order valence-electron chi connectivity index (χ0n) is 22.3. The molecule has 2 fully saturated rings. The molecule has 2 amide bonds. The van der Waals surface area contributed by atoms with Crippen LogP contribution in [0.4, 0.5) is 5.69 Å². The van der Waals surface area contributed by atoms with Crippen molar-refractivity contribution in [2.24, 2.45) is 11.8 Å². The van der Waals surface area contributed by atoms with Gasteiger partial charge in [0.25, 0.3) is 5.91 Å². The second-order valence-electron chi connectivity index (χ2n) is 11.5. The fourth-order valence-electron chi connectivity index (χ4n) is 6.99. The Morgan fingerprint density at radius 3 is 2.79 bits per heavy atom. The fraction of sp³-hybridized carbons (Fsp3) is 0.438. The summed E-state index contributed by atoms with van der Waals surface area (Å²) in [6, 6.07) is 16.5. The molecular weight excluding hydrogens is 494 g/mol. The molecule has 1 spiro atoms. The molecule has 2 aliphatic carbocycles. The van der Waals surface area contributed by atoms with Crippen LogP contribution in [-0.2, 0) is 16.8 Å². The van der Waals surface area contributed by atoms with E-state index in [0.717, 1.165) is 47.7 Å². The monoisotopic (exact) mass is 529 g/mol. The molecule has 6 heteroatoms. The lowest BCUT2D eigenvalue weighted by atomic mass is 9.84. The molecule has 0 radical (unpaired) electrons. The van der Waals surface area contributed by atoms with Gasteiger partial charge in [-0.3, -0.25) is 9.59 Å². The largest absolute Gasteiger partial charge is 0.352 e. The number of benzene rings is 2. The molecule has 38 heavy (non-hydrogen) atoms. The van der Waals surface area contributed by atoms with Crippen molar-refractivity contribution < 1.29 is 9.59 Å². The zero-order chi connectivity index (χ0) is 26.4. The molecule has 2 aliphatic heterocycles. The Kier molecular flexibility index (Phi) is 6.69. The molecular formula is C32H36ClN3O2. The van der Waals surface area contributed by atoms with Crippen molar-refractivity contribution in [1.82, 2.24) is 10.2 Å². The lowest BCUT2D eigenvalue weighted by Crippen LogP contribution is -2.33. The van der Waals surface area contributed by atoms with Crippen LogP contribution < -0.4 is 10.2 Å². The van der Waals surface area contributed by atoms with E-state index in [1.807, 2.05) is 47.4 Å². The van der Waals surface area contributed by atoms with Gasteiger partial charge >= 0.3 is 0 Å². The Morgan fingerprint density at radius 1 is 1.16 bits per heavy atom. The number of anilines is 1. The number of para-hydroxylation sites is 1. The van der Waals surface area contributed by atoms with Gasteiger partial charge in [0.2, 0.25) is 5.91 Å². The van der Waals surface area contributed by atoms with E-state index in [9.17, 15) is 9.59 Å². The van der Waals surface area contributed by atoms with Gasteiger partial charge < -0.3 is 15.1 Å². The normalized spacial score (nSPS) is 28.3.